The lowest BCUT2D eigenvalue weighted by atomic mass is 9.87. The van der Waals surface area contributed by atoms with E-state index in [-0.39, 0.29) is 54.4 Å². The zero-order chi connectivity index (χ0) is 33.4. The third-order valence-corrected chi connectivity index (χ3v) is 8.24. The number of piperidine rings is 4. The molecule has 0 bridgehead atoms. The highest BCUT2D eigenvalue weighted by Gasteiger charge is 2.16. The molecule has 302 valence electrons. The predicted molar refractivity (Wildman–Crippen MR) is 264 cm³/mol. The lowest BCUT2D eigenvalue weighted by Crippen LogP contribution is -2.36. The molecule has 0 aliphatic carbocycles. The molecule has 11 heteroatoms. The summed E-state index contributed by atoms with van der Waals surface area (Å²) in [5, 5.41) is 3.37. The van der Waals surface area contributed by atoms with Crippen LogP contribution in [0.3, 0.4) is 0 Å². The summed E-state index contributed by atoms with van der Waals surface area (Å²) in [6, 6.07) is 0. The Morgan fingerprint density at radius 3 is 1.36 bits per heavy atom. The summed E-state index contributed by atoms with van der Waals surface area (Å²) in [4.78, 5) is 7.19. The van der Waals surface area contributed by atoms with Crippen LogP contribution in [-0.2, 0) is 0 Å². The highest BCUT2D eigenvalue weighted by molar-refractivity contribution is 6.92. The van der Waals surface area contributed by atoms with Gasteiger partial charge in [0.1, 0.15) is 7.28 Å². The maximum absolute atomic E-state index is 4.64. The second-order valence-corrected chi connectivity index (χ2v) is 12.5. The lowest BCUT2D eigenvalue weighted by Gasteiger charge is -2.30. The third kappa shape index (κ3) is 41.7. The molecule has 4 heterocycles. The normalized spacial score (nSPS) is 23.1. The summed E-state index contributed by atoms with van der Waals surface area (Å²) in [7, 11) is 8.58. The van der Waals surface area contributed by atoms with Gasteiger partial charge in [-0.15, -0.1) is 18.2 Å². The lowest BCUT2D eigenvalue weighted by molar-refractivity contribution is 0.237. The number of likely N-dealkylation sites (tertiary alicyclic amines) is 2. The van der Waals surface area contributed by atoms with Crippen LogP contribution in [0, 0.1) is 23.7 Å². The quantitative estimate of drug-likeness (QED) is 0.129. The molecular weight excluding hydrogens is 705 g/mol. The van der Waals surface area contributed by atoms with Gasteiger partial charge in [0, 0.05) is 26.0 Å². The van der Waals surface area contributed by atoms with Gasteiger partial charge in [0.05, 0.1) is 0 Å². The molecule has 0 spiro atoms. The molecule has 0 aromatic rings. The molecule has 4 aliphatic rings. The number of hydrogen-bond acceptors (Lipinski definition) is 4. The number of hydrogen-bond donors (Lipinski definition) is 1. The van der Waals surface area contributed by atoms with Crippen molar-refractivity contribution in [3.63, 3.8) is 0 Å². The van der Waals surface area contributed by atoms with E-state index in [1.807, 2.05) is 20.9 Å². The fourth-order valence-electron chi connectivity index (χ4n) is 6.05. The Morgan fingerprint density at radius 1 is 0.620 bits per heavy atom. The van der Waals surface area contributed by atoms with Crippen molar-refractivity contribution in [1.82, 2.24) is 19.9 Å². The number of nitrogens with one attached hydrogen (secondary N) is 1. The van der Waals surface area contributed by atoms with E-state index in [0.717, 1.165) is 23.7 Å². The van der Waals surface area contributed by atoms with Gasteiger partial charge >= 0.3 is 0 Å². The first-order valence-corrected chi connectivity index (χ1v) is 18.4. The average molecular weight is 799 g/mol. The van der Waals surface area contributed by atoms with E-state index in [2.05, 4.69) is 130 Å². The highest BCUT2D eigenvalue weighted by atomic mass is 35.5. The van der Waals surface area contributed by atoms with Gasteiger partial charge in [-0.25, -0.2) is 0 Å². The van der Waals surface area contributed by atoms with E-state index in [1.54, 1.807) is 0 Å². The first-order chi connectivity index (χ1) is 21.4. The van der Waals surface area contributed by atoms with Crippen molar-refractivity contribution in [2.24, 2.45) is 23.7 Å². The summed E-state index contributed by atoms with van der Waals surface area (Å²) in [6.07, 6.45) is 27.9. The van der Waals surface area contributed by atoms with Gasteiger partial charge in [0.15, 0.2) is 0 Å². The van der Waals surface area contributed by atoms with E-state index in [0.29, 0.717) is 0 Å². The number of rotatable bonds is 5. The van der Waals surface area contributed by atoms with Gasteiger partial charge in [-0.3, -0.25) is 0 Å². The van der Waals surface area contributed by atoms with Crippen molar-refractivity contribution in [1.29, 1.82) is 0 Å². The summed E-state index contributed by atoms with van der Waals surface area (Å²) in [6.45, 7) is 26.1. The van der Waals surface area contributed by atoms with Crippen LogP contribution in [-0.4, -0.2) is 102 Å². The maximum atomic E-state index is 4.64. The van der Waals surface area contributed by atoms with Crippen LogP contribution >= 0.6 is 51.2 Å². The SMILES string of the molecule is C.C.C/C=C/C1CCCN(C)C1.C/C=C/C1CCCNC1.C=CC1CCCN(C)C1.CCl.C[B]C.C[B]N1CCCC(/C=C/C)C1.P.P.P.P. The van der Waals surface area contributed by atoms with Crippen LogP contribution in [0.4, 0.5) is 0 Å². The van der Waals surface area contributed by atoms with Gasteiger partial charge < -0.3 is 19.9 Å². The largest absolute Gasteiger partial charge is 0.346 e. The summed E-state index contributed by atoms with van der Waals surface area (Å²) in [5.74, 6) is 3.18. The summed E-state index contributed by atoms with van der Waals surface area (Å²) >= 11 is 4.64. The minimum Gasteiger partial charge on any atom is -0.346 e. The van der Waals surface area contributed by atoms with E-state index < -0.39 is 0 Å². The molecular formula is C39H93B2ClN4P4. The highest BCUT2D eigenvalue weighted by Crippen LogP contribution is 2.17. The number of allylic oxidation sites excluding steroid dienone is 3. The minimum atomic E-state index is 0. The topological polar surface area (TPSA) is 21.8 Å². The third-order valence-electron chi connectivity index (χ3n) is 8.24. The van der Waals surface area contributed by atoms with E-state index in [9.17, 15) is 0 Å². The summed E-state index contributed by atoms with van der Waals surface area (Å²) < 4.78 is 0. The van der Waals surface area contributed by atoms with Crippen LogP contribution in [0.25, 0.3) is 0 Å². The zero-order valence-electron chi connectivity index (χ0n) is 33.6. The second kappa shape index (κ2) is 52.0. The van der Waals surface area contributed by atoms with E-state index >= 15 is 0 Å². The van der Waals surface area contributed by atoms with Gasteiger partial charge in [0.25, 0.3) is 0 Å². The van der Waals surface area contributed by atoms with Crippen LogP contribution in [0.1, 0.15) is 87.0 Å². The molecule has 4 nitrogen and oxygen atoms in total. The minimum absolute atomic E-state index is 0. The van der Waals surface area contributed by atoms with Crippen LogP contribution < -0.4 is 5.32 Å². The Hall–Kier alpha value is 0.940. The molecule has 8 unspecified atom stereocenters. The molecule has 4 saturated heterocycles. The molecule has 1 N–H and O–H groups in total. The second-order valence-electron chi connectivity index (χ2n) is 12.5. The molecule has 4 fully saturated rings. The molecule has 0 amide bonds. The van der Waals surface area contributed by atoms with Gasteiger partial charge in [-0.05, 0) is 143 Å². The molecule has 4 aliphatic heterocycles. The number of nitrogens with zero attached hydrogens (tertiary/aromatic N) is 3. The Balaban J connectivity index is -0.0000000724. The first kappa shape index (κ1) is 68.9. The number of alkyl halides is 1. The standard InChI is InChI=1S/C9H17BN.C9H17N.2C8H15N.C2H6B.CH3Cl.2CH4.4H3P/c1-3-5-9-6-4-7-11(8-9)10-2;1-3-5-9-6-4-7-10(2)8-9;1-3-8-5-4-6-9(2)7-8;1-2-4-8-5-3-6-9-7-8;1-3-2;1-2;;;;;;/h3,5,9H,4,6-8H2,1-2H3;3,5,9H,4,6-8H2,1-2H3;3,8H,1,4-7H2,2H3;2,4,8-9H,3,5-7H2,1H3;1-2H3;1H3;2*1H4;4*1H3/b2*5-3+;;4-2+;;;;;;;;. The Bertz CT molecular complexity index is 718. The number of halogens is 1. The Labute approximate surface area is 337 Å². The van der Waals surface area contributed by atoms with Crippen molar-refractivity contribution in [3.8, 4) is 0 Å². The van der Waals surface area contributed by atoms with E-state index in [4.69, 9.17) is 0 Å². The molecule has 2 radical (unpaired) electrons. The molecule has 0 aromatic carbocycles. The smallest absolute Gasteiger partial charge is 0.205 e. The molecule has 0 saturated carbocycles. The predicted octanol–water partition coefficient (Wildman–Crippen LogP) is 10.1. The van der Waals surface area contributed by atoms with Gasteiger partial charge in [0.2, 0.25) is 7.41 Å². The van der Waals surface area contributed by atoms with E-state index in [1.165, 1.54) is 110 Å². The van der Waals surface area contributed by atoms with Crippen molar-refractivity contribution in [2.45, 2.75) is 107 Å². The average Bonchev–Trinajstić information content (AvgIpc) is 3.04. The van der Waals surface area contributed by atoms with Crippen LogP contribution in [0.2, 0.25) is 20.5 Å². The molecule has 0 aromatic heterocycles. The maximum Gasteiger partial charge on any atom is 0.205 e. The molecule has 50 heavy (non-hydrogen) atoms. The fraction of sp³-hybridized carbons (Fsp3) is 0.795. The van der Waals surface area contributed by atoms with Crippen molar-refractivity contribution >= 4 is 65.9 Å². The van der Waals surface area contributed by atoms with Crippen LogP contribution in [0.15, 0.2) is 49.1 Å². The first-order valence-electron chi connectivity index (χ1n) is 17.6. The molecule has 8 atom stereocenters. The van der Waals surface area contributed by atoms with Gasteiger partial charge in [-0.2, -0.15) is 39.6 Å². The summed E-state index contributed by atoms with van der Waals surface area (Å²) in [5.41, 5.74) is 0. The van der Waals surface area contributed by atoms with Crippen molar-refractivity contribution in [3.05, 3.63) is 49.1 Å². The Kier molecular flexibility index (Phi) is 71.7. The van der Waals surface area contributed by atoms with Crippen LogP contribution in [0.5, 0.6) is 0 Å². The monoisotopic (exact) mass is 799 g/mol. The fourth-order valence-corrected chi connectivity index (χ4v) is 6.05. The van der Waals surface area contributed by atoms with Crippen molar-refractivity contribution in [2.75, 3.05) is 72.8 Å². The molecule has 4 rings (SSSR count). The zero-order valence-corrected chi connectivity index (χ0v) is 40.0. The Morgan fingerprint density at radius 2 is 1.00 bits per heavy atom. The van der Waals surface area contributed by atoms with Gasteiger partial charge in [-0.1, -0.05) is 77.9 Å². The van der Waals surface area contributed by atoms with Crippen molar-refractivity contribution < 1.29 is 0 Å².